The predicted molar refractivity (Wildman–Crippen MR) is 107 cm³/mol. The Hall–Kier alpha value is -2.15. The monoisotopic (exact) mass is 445 g/mol. The Balaban J connectivity index is 1.96. The molecule has 1 spiro atoms. The highest BCUT2D eigenvalue weighted by Crippen LogP contribution is 2.80. The molecule has 2 bridgehead atoms. The van der Waals surface area contributed by atoms with Gasteiger partial charge in [0, 0.05) is 16.8 Å². The number of nitrogens with two attached hydrogens (primary N) is 3. The molecule has 4 atom stereocenters. The third-order valence-corrected chi connectivity index (χ3v) is 7.91. The number of hydrogen-bond donors (Lipinski definition) is 3. The van der Waals surface area contributed by atoms with Crippen LogP contribution in [0.4, 0.5) is 0 Å². The second-order valence-electron chi connectivity index (χ2n) is 8.41. The van der Waals surface area contributed by atoms with E-state index < -0.39 is 28.6 Å². The summed E-state index contributed by atoms with van der Waals surface area (Å²) in [4.78, 5) is 37.7. The van der Waals surface area contributed by atoms with E-state index >= 15 is 0 Å². The summed E-state index contributed by atoms with van der Waals surface area (Å²) in [6.07, 6.45) is 6.80. The van der Waals surface area contributed by atoms with Crippen molar-refractivity contribution in [1.82, 2.24) is 0 Å². The van der Waals surface area contributed by atoms with Crippen LogP contribution in [0.15, 0.2) is 40.9 Å². The summed E-state index contributed by atoms with van der Waals surface area (Å²) in [6, 6.07) is 7.41. The van der Waals surface area contributed by atoms with E-state index in [0.29, 0.717) is 18.4 Å². The molecule has 3 aliphatic rings. The summed E-state index contributed by atoms with van der Waals surface area (Å²) >= 11 is 3.43. The summed E-state index contributed by atoms with van der Waals surface area (Å²) in [6.45, 7) is 0. The van der Waals surface area contributed by atoms with Crippen LogP contribution in [0.25, 0.3) is 0 Å². The summed E-state index contributed by atoms with van der Waals surface area (Å²) in [7, 11) is 0. The Morgan fingerprint density at radius 1 is 0.964 bits per heavy atom. The van der Waals surface area contributed by atoms with Crippen molar-refractivity contribution in [2.45, 2.75) is 37.5 Å². The summed E-state index contributed by atoms with van der Waals surface area (Å²) in [5, 5.41) is 0. The molecule has 6 nitrogen and oxygen atoms in total. The molecule has 0 aromatic heterocycles. The summed E-state index contributed by atoms with van der Waals surface area (Å²) < 4.78 is 0.870. The Kier molecular flexibility index (Phi) is 4.23. The predicted octanol–water partition coefficient (Wildman–Crippen LogP) is 1.90. The van der Waals surface area contributed by atoms with Crippen LogP contribution in [0, 0.1) is 22.7 Å². The third kappa shape index (κ3) is 2.16. The minimum Gasteiger partial charge on any atom is -0.370 e. The highest BCUT2D eigenvalue weighted by Gasteiger charge is 2.82. The van der Waals surface area contributed by atoms with Crippen molar-refractivity contribution in [3.05, 3.63) is 46.5 Å². The number of benzene rings is 1. The molecule has 28 heavy (non-hydrogen) atoms. The molecule has 0 saturated heterocycles. The summed E-state index contributed by atoms with van der Waals surface area (Å²) in [5.41, 5.74) is 15.7. The Labute approximate surface area is 172 Å². The van der Waals surface area contributed by atoms with E-state index in [9.17, 15) is 14.4 Å². The fourth-order valence-corrected chi connectivity index (χ4v) is 6.61. The van der Waals surface area contributed by atoms with Crippen LogP contribution < -0.4 is 17.2 Å². The maximum Gasteiger partial charge on any atom is 0.229 e. The molecule has 0 radical (unpaired) electrons. The average molecular weight is 446 g/mol. The molecule has 148 valence electrons. The van der Waals surface area contributed by atoms with E-state index in [0.717, 1.165) is 17.3 Å². The van der Waals surface area contributed by atoms with E-state index in [1.54, 1.807) is 0 Å². The van der Waals surface area contributed by atoms with E-state index in [1.165, 1.54) is 0 Å². The standard InChI is InChI=1S/C21H24BrN3O3/c22-13-5-3-12(4-6-13)21(18(25)28)15-8-7-14(19(15)10-11-19)20(21,17(24)27)9-1-2-16(23)26/h3-8,14-15H,1-2,9-11H2,(H2,23,26)(H2,24,27)(H2,25,28)/t14-,15+,20+,21-/m1/s1. The zero-order valence-electron chi connectivity index (χ0n) is 15.5. The van der Waals surface area contributed by atoms with Gasteiger partial charge < -0.3 is 17.2 Å². The van der Waals surface area contributed by atoms with Crippen LogP contribution in [0.3, 0.4) is 0 Å². The van der Waals surface area contributed by atoms with Crippen molar-refractivity contribution in [1.29, 1.82) is 0 Å². The largest absolute Gasteiger partial charge is 0.370 e. The molecule has 6 N–H and O–H groups in total. The molecular formula is C21H24BrN3O3. The first-order valence-electron chi connectivity index (χ1n) is 9.56. The first-order valence-corrected chi connectivity index (χ1v) is 10.4. The van der Waals surface area contributed by atoms with Gasteiger partial charge in [0.05, 0.1) is 10.8 Å². The average Bonchev–Trinajstić information content (AvgIpc) is 3.29. The van der Waals surface area contributed by atoms with E-state index in [4.69, 9.17) is 17.2 Å². The molecule has 3 amide bonds. The highest BCUT2D eigenvalue weighted by molar-refractivity contribution is 9.10. The van der Waals surface area contributed by atoms with Gasteiger partial charge in [-0.2, -0.15) is 0 Å². The molecule has 7 heteroatoms. The minimum atomic E-state index is -1.23. The molecule has 0 aliphatic heterocycles. The van der Waals surface area contributed by atoms with Gasteiger partial charge in [-0.15, -0.1) is 0 Å². The van der Waals surface area contributed by atoms with Crippen molar-refractivity contribution in [2.24, 2.45) is 39.9 Å². The SMILES string of the molecule is NC(=O)CCC[C@@]1(C(N)=O)[C@@H]2C=C[C@@H](C23CC3)[C@@]1(C(N)=O)c1ccc(Br)cc1. The number of allylic oxidation sites excluding steroid dienone is 2. The highest BCUT2D eigenvalue weighted by atomic mass is 79.9. The number of halogens is 1. The molecule has 0 unspecified atom stereocenters. The van der Waals surface area contributed by atoms with Gasteiger partial charge in [-0.1, -0.05) is 40.2 Å². The van der Waals surface area contributed by atoms with Gasteiger partial charge in [0.25, 0.3) is 0 Å². The third-order valence-electron chi connectivity index (χ3n) is 7.39. The van der Waals surface area contributed by atoms with Crippen LogP contribution >= 0.6 is 15.9 Å². The second-order valence-corrected chi connectivity index (χ2v) is 9.32. The molecule has 2 fully saturated rings. The first-order chi connectivity index (χ1) is 13.2. The van der Waals surface area contributed by atoms with Gasteiger partial charge in [-0.3, -0.25) is 14.4 Å². The lowest BCUT2D eigenvalue weighted by Gasteiger charge is -2.48. The van der Waals surface area contributed by atoms with Crippen molar-refractivity contribution in [3.8, 4) is 0 Å². The van der Waals surface area contributed by atoms with Gasteiger partial charge >= 0.3 is 0 Å². The van der Waals surface area contributed by atoms with Crippen LogP contribution in [-0.4, -0.2) is 17.7 Å². The number of primary amides is 3. The smallest absolute Gasteiger partial charge is 0.229 e. The van der Waals surface area contributed by atoms with E-state index in [-0.39, 0.29) is 23.7 Å². The van der Waals surface area contributed by atoms with Gasteiger partial charge in [-0.25, -0.2) is 0 Å². The lowest BCUT2D eigenvalue weighted by atomic mass is 9.52. The van der Waals surface area contributed by atoms with Gasteiger partial charge in [-0.05, 0) is 54.7 Å². The Morgan fingerprint density at radius 2 is 1.57 bits per heavy atom. The lowest BCUT2D eigenvalue weighted by molar-refractivity contribution is -0.144. The Morgan fingerprint density at radius 3 is 2.07 bits per heavy atom. The fraction of sp³-hybridized carbons (Fsp3) is 0.476. The van der Waals surface area contributed by atoms with Gasteiger partial charge in [0.1, 0.15) is 0 Å². The maximum atomic E-state index is 13.2. The van der Waals surface area contributed by atoms with Gasteiger partial charge in [0.15, 0.2) is 0 Å². The molecular weight excluding hydrogens is 422 g/mol. The lowest BCUT2D eigenvalue weighted by Crippen LogP contribution is -2.62. The topological polar surface area (TPSA) is 129 Å². The van der Waals surface area contributed by atoms with Crippen molar-refractivity contribution >= 4 is 33.7 Å². The number of amides is 3. The quantitative estimate of drug-likeness (QED) is 0.553. The second kappa shape index (κ2) is 6.17. The van der Waals surface area contributed by atoms with Crippen LogP contribution in [0.2, 0.25) is 0 Å². The van der Waals surface area contributed by atoms with E-state index in [2.05, 4.69) is 22.0 Å². The molecule has 4 rings (SSSR count). The number of carbonyl (C=O) groups excluding carboxylic acids is 3. The van der Waals surface area contributed by atoms with Gasteiger partial charge in [0.2, 0.25) is 17.7 Å². The molecule has 2 saturated carbocycles. The zero-order valence-corrected chi connectivity index (χ0v) is 17.1. The molecule has 3 aliphatic carbocycles. The molecule has 1 aromatic rings. The van der Waals surface area contributed by atoms with Crippen LogP contribution in [-0.2, 0) is 19.8 Å². The Bertz CT molecular complexity index is 893. The van der Waals surface area contributed by atoms with Crippen molar-refractivity contribution in [2.75, 3.05) is 0 Å². The normalized spacial score (nSPS) is 33.9. The van der Waals surface area contributed by atoms with Crippen LogP contribution in [0.1, 0.15) is 37.7 Å². The fourth-order valence-electron chi connectivity index (χ4n) is 6.35. The number of hydrogen-bond acceptors (Lipinski definition) is 3. The molecule has 1 aromatic carbocycles. The summed E-state index contributed by atoms with van der Waals surface area (Å²) in [5.74, 6) is -1.83. The number of carbonyl (C=O) groups is 3. The van der Waals surface area contributed by atoms with Crippen molar-refractivity contribution in [3.63, 3.8) is 0 Å². The minimum absolute atomic E-state index is 0.137. The van der Waals surface area contributed by atoms with E-state index in [1.807, 2.05) is 30.3 Å². The first kappa shape index (κ1) is 19.2. The van der Waals surface area contributed by atoms with Crippen LogP contribution in [0.5, 0.6) is 0 Å². The maximum absolute atomic E-state index is 13.2. The van der Waals surface area contributed by atoms with Crippen molar-refractivity contribution < 1.29 is 14.4 Å². The zero-order chi connectivity index (χ0) is 20.3. The number of rotatable bonds is 7. The molecule has 0 heterocycles.